The van der Waals surface area contributed by atoms with Gasteiger partial charge in [-0.25, -0.2) is 0 Å². The number of carbonyl (C=O) groups is 1. The van der Waals surface area contributed by atoms with Crippen molar-refractivity contribution in [1.29, 1.82) is 0 Å². The summed E-state index contributed by atoms with van der Waals surface area (Å²) in [5.74, 6) is 0.308. The van der Waals surface area contributed by atoms with Gasteiger partial charge in [-0.05, 0) is 47.9 Å². The van der Waals surface area contributed by atoms with Crippen molar-refractivity contribution in [3.8, 4) is 5.69 Å². The molecular weight excluding hydrogens is 396 g/mol. The Balaban J connectivity index is 1.28. The van der Waals surface area contributed by atoms with Gasteiger partial charge >= 0.3 is 0 Å². The van der Waals surface area contributed by atoms with Gasteiger partial charge in [-0.3, -0.25) is 9.69 Å². The van der Waals surface area contributed by atoms with Gasteiger partial charge in [0.1, 0.15) is 0 Å². The van der Waals surface area contributed by atoms with Crippen molar-refractivity contribution in [2.24, 2.45) is 0 Å². The predicted octanol–water partition coefficient (Wildman–Crippen LogP) is 2.76. The van der Waals surface area contributed by atoms with E-state index in [0.29, 0.717) is 10.9 Å². The molecule has 1 aromatic heterocycles. The highest BCUT2D eigenvalue weighted by atomic mass is 32.2. The van der Waals surface area contributed by atoms with Crippen LogP contribution in [-0.4, -0.2) is 55.9 Å². The van der Waals surface area contributed by atoms with Gasteiger partial charge in [0.2, 0.25) is 11.1 Å². The molecule has 1 aliphatic rings. The number of thioether (sulfide) groups is 1. The van der Waals surface area contributed by atoms with Crippen LogP contribution in [-0.2, 0) is 11.3 Å². The molecule has 0 unspecified atom stereocenters. The van der Waals surface area contributed by atoms with E-state index in [1.807, 2.05) is 25.1 Å². The molecule has 0 bridgehead atoms. The first-order chi connectivity index (χ1) is 14.6. The molecule has 4 rings (SSSR count). The minimum Gasteiger partial charge on any atom is -0.351 e. The lowest BCUT2D eigenvalue weighted by Crippen LogP contribution is -2.38. The summed E-state index contributed by atoms with van der Waals surface area (Å²) in [6.45, 7) is 6.89. The van der Waals surface area contributed by atoms with Crippen molar-refractivity contribution in [2.75, 3.05) is 18.8 Å². The van der Waals surface area contributed by atoms with Gasteiger partial charge in [-0.1, -0.05) is 59.8 Å². The minimum atomic E-state index is 0.0155. The van der Waals surface area contributed by atoms with Crippen LogP contribution in [0, 0.1) is 13.8 Å². The number of hydrogen-bond donors (Lipinski definition) is 1. The number of tetrazole rings is 1. The Morgan fingerprint density at radius 2 is 2.03 bits per heavy atom. The number of nitrogens with one attached hydrogen (secondary N) is 1. The highest BCUT2D eigenvalue weighted by Crippen LogP contribution is 2.21. The quantitative estimate of drug-likeness (QED) is 0.590. The lowest BCUT2D eigenvalue weighted by molar-refractivity contribution is -0.119. The largest absolute Gasteiger partial charge is 0.351 e. The Hall–Kier alpha value is -2.71. The molecule has 8 heteroatoms. The van der Waals surface area contributed by atoms with Crippen molar-refractivity contribution in [1.82, 2.24) is 30.4 Å². The molecule has 30 heavy (non-hydrogen) atoms. The zero-order chi connectivity index (χ0) is 20.9. The van der Waals surface area contributed by atoms with Crippen LogP contribution in [0.25, 0.3) is 5.69 Å². The highest BCUT2D eigenvalue weighted by molar-refractivity contribution is 7.99. The van der Waals surface area contributed by atoms with Crippen LogP contribution < -0.4 is 5.32 Å². The average Bonchev–Trinajstić information content (AvgIpc) is 3.37. The van der Waals surface area contributed by atoms with E-state index in [0.717, 1.165) is 37.3 Å². The normalized spacial score (nSPS) is 16.7. The summed E-state index contributed by atoms with van der Waals surface area (Å²) in [7, 11) is 0. The van der Waals surface area contributed by atoms with E-state index >= 15 is 0 Å². The van der Waals surface area contributed by atoms with Crippen LogP contribution >= 0.6 is 11.8 Å². The summed E-state index contributed by atoms with van der Waals surface area (Å²) in [5.41, 5.74) is 4.52. The van der Waals surface area contributed by atoms with Gasteiger partial charge < -0.3 is 5.32 Å². The predicted molar refractivity (Wildman–Crippen MR) is 118 cm³/mol. The summed E-state index contributed by atoms with van der Waals surface area (Å²) < 4.78 is 1.70. The Kier molecular flexibility index (Phi) is 6.44. The molecule has 0 radical (unpaired) electrons. The molecule has 1 saturated heterocycles. The number of aryl methyl sites for hydroxylation is 2. The van der Waals surface area contributed by atoms with E-state index in [9.17, 15) is 4.79 Å². The van der Waals surface area contributed by atoms with Gasteiger partial charge in [-0.15, -0.1) is 5.10 Å². The van der Waals surface area contributed by atoms with Gasteiger partial charge in [-0.2, -0.15) is 4.68 Å². The number of hydrogen-bond acceptors (Lipinski definition) is 6. The van der Waals surface area contributed by atoms with Gasteiger partial charge in [0.05, 0.1) is 11.4 Å². The molecule has 1 aliphatic heterocycles. The molecule has 1 amide bonds. The van der Waals surface area contributed by atoms with E-state index in [2.05, 4.69) is 63.0 Å². The maximum absolute atomic E-state index is 12.5. The van der Waals surface area contributed by atoms with E-state index in [1.165, 1.54) is 22.9 Å². The number of rotatable bonds is 7. The zero-order valence-electron chi connectivity index (χ0n) is 17.3. The average molecular weight is 423 g/mol. The van der Waals surface area contributed by atoms with Crippen LogP contribution in [0.1, 0.15) is 23.1 Å². The van der Waals surface area contributed by atoms with E-state index < -0.39 is 0 Å². The molecule has 1 N–H and O–H groups in total. The SMILES string of the molecule is Cc1ccc(-n2nnnc2SCC(=O)N[C@H]2CCN(Cc3ccccc3)C2)c(C)c1. The molecule has 3 aromatic rings. The maximum atomic E-state index is 12.5. The summed E-state index contributed by atoms with van der Waals surface area (Å²) in [5, 5.41) is 15.8. The molecule has 2 aromatic carbocycles. The van der Waals surface area contributed by atoms with Crippen LogP contribution in [0.3, 0.4) is 0 Å². The Labute approximate surface area is 180 Å². The van der Waals surface area contributed by atoms with Gasteiger partial charge in [0, 0.05) is 25.7 Å². The molecule has 1 atom stereocenters. The van der Waals surface area contributed by atoms with Gasteiger partial charge in [0.15, 0.2) is 0 Å². The smallest absolute Gasteiger partial charge is 0.230 e. The highest BCUT2D eigenvalue weighted by Gasteiger charge is 2.24. The second kappa shape index (κ2) is 9.40. The summed E-state index contributed by atoms with van der Waals surface area (Å²) in [6, 6.07) is 16.8. The first-order valence-electron chi connectivity index (χ1n) is 10.1. The third kappa shape index (κ3) is 5.06. The number of aromatic nitrogens is 4. The number of carbonyl (C=O) groups excluding carboxylic acids is 1. The number of nitrogens with zero attached hydrogens (tertiary/aromatic N) is 5. The summed E-state index contributed by atoms with van der Waals surface area (Å²) in [4.78, 5) is 14.9. The first kappa shape index (κ1) is 20.6. The molecule has 2 heterocycles. The first-order valence-corrected chi connectivity index (χ1v) is 11.1. The fourth-order valence-electron chi connectivity index (χ4n) is 3.80. The molecule has 7 nitrogen and oxygen atoms in total. The monoisotopic (exact) mass is 422 g/mol. The molecule has 0 aliphatic carbocycles. The minimum absolute atomic E-state index is 0.0155. The molecule has 1 fully saturated rings. The van der Waals surface area contributed by atoms with Crippen LogP contribution in [0.4, 0.5) is 0 Å². The molecular formula is C22H26N6OS. The van der Waals surface area contributed by atoms with Crippen molar-refractivity contribution in [3.05, 3.63) is 65.2 Å². The van der Waals surface area contributed by atoms with E-state index in [4.69, 9.17) is 0 Å². The topological polar surface area (TPSA) is 75.9 Å². The van der Waals surface area contributed by atoms with E-state index in [1.54, 1.807) is 4.68 Å². The van der Waals surface area contributed by atoms with Crippen molar-refractivity contribution in [3.63, 3.8) is 0 Å². The second-order valence-electron chi connectivity index (χ2n) is 7.73. The van der Waals surface area contributed by atoms with Crippen LogP contribution in [0.2, 0.25) is 0 Å². The number of benzene rings is 2. The zero-order valence-corrected chi connectivity index (χ0v) is 18.1. The lowest BCUT2D eigenvalue weighted by atomic mass is 10.1. The molecule has 0 spiro atoms. The standard InChI is InChI=1S/C22H26N6OS/c1-16-8-9-20(17(2)12-16)28-22(24-25-26-28)30-15-21(29)23-19-10-11-27(14-19)13-18-6-4-3-5-7-18/h3-9,12,19H,10-11,13-15H2,1-2H3,(H,23,29)/t19-/m0/s1. The van der Waals surface area contributed by atoms with Crippen LogP contribution in [0.5, 0.6) is 0 Å². The lowest BCUT2D eigenvalue weighted by Gasteiger charge is -2.16. The Bertz CT molecular complexity index is 1010. The van der Waals surface area contributed by atoms with Crippen molar-refractivity contribution >= 4 is 17.7 Å². The Morgan fingerprint density at radius 1 is 1.20 bits per heavy atom. The second-order valence-corrected chi connectivity index (χ2v) is 8.67. The van der Waals surface area contributed by atoms with E-state index in [-0.39, 0.29) is 11.9 Å². The summed E-state index contributed by atoms with van der Waals surface area (Å²) in [6.07, 6.45) is 0.976. The molecule has 0 saturated carbocycles. The fraction of sp³-hybridized carbons (Fsp3) is 0.364. The number of likely N-dealkylation sites (tertiary alicyclic amines) is 1. The third-order valence-electron chi connectivity index (χ3n) is 5.24. The summed E-state index contributed by atoms with van der Waals surface area (Å²) >= 11 is 1.36. The maximum Gasteiger partial charge on any atom is 0.230 e. The third-order valence-corrected chi connectivity index (χ3v) is 6.16. The number of amides is 1. The Morgan fingerprint density at radius 3 is 2.83 bits per heavy atom. The van der Waals surface area contributed by atoms with Crippen molar-refractivity contribution in [2.45, 2.75) is 38.0 Å². The fourth-order valence-corrected chi connectivity index (χ4v) is 4.49. The van der Waals surface area contributed by atoms with Crippen LogP contribution in [0.15, 0.2) is 53.7 Å². The van der Waals surface area contributed by atoms with Gasteiger partial charge in [0.25, 0.3) is 0 Å². The van der Waals surface area contributed by atoms with Crippen molar-refractivity contribution < 1.29 is 4.79 Å². The molecule has 156 valence electrons.